The molecule has 2 heterocycles. The molecule has 4 aromatic carbocycles. The summed E-state index contributed by atoms with van der Waals surface area (Å²) in [4.78, 5) is 19.6. The van der Waals surface area contributed by atoms with E-state index in [2.05, 4.69) is 85.4 Å². The number of halogens is 1. The van der Waals surface area contributed by atoms with Gasteiger partial charge in [-0.3, -0.25) is 0 Å². The van der Waals surface area contributed by atoms with Crippen LogP contribution in [0.15, 0.2) is 82.8 Å². The summed E-state index contributed by atoms with van der Waals surface area (Å²) in [6.45, 7) is 4.45. The first-order chi connectivity index (χ1) is 19.0. The zero-order valence-corrected chi connectivity index (χ0v) is 22.5. The number of anilines is 3. The van der Waals surface area contributed by atoms with Crippen molar-refractivity contribution in [1.82, 2.24) is 9.97 Å². The highest BCUT2D eigenvalue weighted by Crippen LogP contribution is 2.56. The van der Waals surface area contributed by atoms with Gasteiger partial charge < -0.3 is 4.90 Å². The van der Waals surface area contributed by atoms with Crippen molar-refractivity contribution in [3.05, 3.63) is 89.7 Å². The van der Waals surface area contributed by atoms with Gasteiger partial charge in [0, 0.05) is 27.3 Å². The maximum atomic E-state index is 16.0. The second-order valence-electron chi connectivity index (χ2n) is 9.95. The third-order valence-electron chi connectivity index (χ3n) is 7.64. The van der Waals surface area contributed by atoms with Gasteiger partial charge in [-0.15, -0.1) is 0 Å². The molecule has 5 aromatic rings. The molecule has 1 aliphatic heterocycles. The summed E-state index contributed by atoms with van der Waals surface area (Å²) in [7, 11) is 0. The van der Waals surface area contributed by atoms with E-state index in [9.17, 15) is 0 Å². The van der Waals surface area contributed by atoms with Crippen molar-refractivity contribution in [3.63, 3.8) is 0 Å². The third kappa shape index (κ3) is 3.24. The second kappa shape index (κ2) is 8.53. The van der Waals surface area contributed by atoms with E-state index in [0.29, 0.717) is 16.8 Å². The van der Waals surface area contributed by atoms with Crippen LogP contribution in [0, 0.1) is 5.82 Å². The molecule has 7 rings (SSSR count). The zero-order valence-electron chi connectivity index (χ0n) is 20.9. The van der Waals surface area contributed by atoms with E-state index in [4.69, 9.17) is 24.4 Å². The summed E-state index contributed by atoms with van der Waals surface area (Å²) < 4.78 is 16.0. The first-order valence-corrected chi connectivity index (χ1v) is 13.1. The molecule has 0 amide bonds. The fourth-order valence-corrected chi connectivity index (χ4v) is 6.15. The number of thiocarbonyl (C=S) groups is 2. The fourth-order valence-electron chi connectivity index (χ4n) is 5.98. The number of aliphatic imine (C=N–C) groups is 2. The van der Waals surface area contributed by atoms with E-state index < -0.39 is 0 Å². The lowest BCUT2D eigenvalue weighted by Crippen LogP contribution is -2.30. The molecule has 0 saturated carbocycles. The number of benzene rings is 4. The first-order valence-electron chi connectivity index (χ1n) is 12.3. The summed E-state index contributed by atoms with van der Waals surface area (Å²) in [6.07, 6.45) is 0. The van der Waals surface area contributed by atoms with Gasteiger partial charge in [0.2, 0.25) is 11.6 Å². The minimum absolute atomic E-state index is 0.188. The summed E-state index contributed by atoms with van der Waals surface area (Å²) in [5, 5.41) is 5.88. The number of hydrogen-bond acceptors (Lipinski definition) is 7. The van der Waals surface area contributed by atoms with Crippen molar-refractivity contribution in [3.8, 4) is 22.5 Å². The molecule has 0 fully saturated rings. The van der Waals surface area contributed by atoms with Gasteiger partial charge in [0.05, 0.1) is 38.8 Å². The predicted octanol–water partition coefficient (Wildman–Crippen LogP) is 8.99. The maximum absolute atomic E-state index is 16.0. The van der Waals surface area contributed by atoms with Crippen LogP contribution in [0.2, 0.25) is 0 Å². The Kier molecular flexibility index (Phi) is 5.17. The number of aromatic nitrogens is 2. The molecule has 0 N–H and O–H groups in total. The monoisotopic (exact) mass is 543 g/mol. The Morgan fingerprint density at radius 2 is 1.21 bits per heavy atom. The molecule has 0 radical (unpaired) electrons. The average Bonchev–Trinajstić information content (AvgIpc) is 3.25. The topological polar surface area (TPSA) is 53.7 Å². The third-order valence-corrected chi connectivity index (χ3v) is 7.82. The SMILES string of the molecule is CC1(C)c2ccccc2N(c2ccc3c4c(ccc(F)c24)-c2nc(N=C=S)c(N=C=S)nc2-3)c2ccccc21. The van der Waals surface area contributed by atoms with E-state index in [-0.39, 0.29) is 22.9 Å². The number of hydrogen-bond donors (Lipinski definition) is 0. The van der Waals surface area contributed by atoms with Gasteiger partial charge in [0.1, 0.15) is 5.82 Å². The standard InChI is InChI=1S/C31H18FN5S2/c1-31(2)19-7-3-5-9-22(19)37(23-10-6-4-8-20(23)31)24-14-12-18-25-17(11-13-21(32)26(24)25)27-28(18)36-30(34-16-39)29(35-27)33-15-38/h3-14H,1-2H3. The van der Waals surface area contributed by atoms with Crippen LogP contribution in [0.25, 0.3) is 33.3 Å². The molecule has 0 unspecified atom stereocenters. The van der Waals surface area contributed by atoms with Crippen LogP contribution in [-0.2, 0) is 5.41 Å². The highest BCUT2D eigenvalue weighted by molar-refractivity contribution is 7.78. The lowest BCUT2D eigenvalue weighted by atomic mass is 9.73. The molecular weight excluding hydrogens is 526 g/mol. The first kappa shape index (κ1) is 23.7. The van der Waals surface area contributed by atoms with Crippen molar-refractivity contribution >= 4 is 74.2 Å². The highest BCUT2D eigenvalue weighted by atomic mass is 32.1. The molecule has 1 aromatic heterocycles. The summed E-state index contributed by atoms with van der Waals surface area (Å²) in [5.74, 6) is 0.0490. The van der Waals surface area contributed by atoms with Gasteiger partial charge in [0.15, 0.2) is 0 Å². The van der Waals surface area contributed by atoms with E-state index in [0.717, 1.165) is 33.6 Å². The molecule has 5 nitrogen and oxygen atoms in total. The van der Waals surface area contributed by atoms with Gasteiger partial charge in [-0.2, -0.15) is 9.98 Å². The molecule has 0 bridgehead atoms. The normalized spacial score (nSPS) is 13.7. The van der Waals surface area contributed by atoms with Crippen molar-refractivity contribution in [2.45, 2.75) is 19.3 Å². The minimum atomic E-state index is -0.326. The quantitative estimate of drug-likeness (QED) is 0.165. The second-order valence-corrected chi connectivity index (χ2v) is 10.3. The number of rotatable bonds is 3. The summed E-state index contributed by atoms with van der Waals surface area (Å²) in [6, 6.07) is 23.8. The Bertz CT molecular complexity index is 1890. The van der Waals surface area contributed by atoms with Crippen molar-refractivity contribution in [2.75, 3.05) is 4.90 Å². The maximum Gasteiger partial charge on any atom is 0.209 e. The lowest BCUT2D eigenvalue weighted by molar-refractivity contribution is 0.631. The average molecular weight is 544 g/mol. The van der Waals surface area contributed by atoms with Gasteiger partial charge in [-0.25, -0.2) is 14.4 Å². The summed E-state index contributed by atoms with van der Waals surface area (Å²) in [5.41, 5.74) is 7.59. The highest BCUT2D eigenvalue weighted by Gasteiger charge is 2.38. The van der Waals surface area contributed by atoms with Gasteiger partial charge in [0.25, 0.3) is 0 Å². The molecule has 8 heteroatoms. The Morgan fingerprint density at radius 3 is 1.74 bits per heavy atom. The molecule has 0 atom stereocenters. The predicted molar refractivity (Wildman–Crippen MR) is 160 cm³/mol. The number of fused-ring (bicyclic) bond motifs is 5. The van der Waals surface area contributed by atoms with Gasteiger partial charge in [-0.05, 0) is 72.0 Å². The molecule has 1 aliphatic carbocycles. The van der Waals surface area contributed by atoms with E-state index in [1.54, 1.807) is 6.07 Å². The largest absolute Gasteiger partial charge is 0.309 e. The van der Waals surface area contributed by atoms with E-state index in [1.165, 1.54) is 17.2 Å². The van der Waals surface area contributed by atoms with Crippen LogP contribution in [0.1, 0.15) is 25.0 Å². The van der Waals surface area contributed by atoms with Crippen LogP contribution in [0.4, 0.5) is 33.1 Å². The van der Waals surface area contributed by atoms with Crippen molar-refractivity contribution < 1.29 is 4.39 Å². The molecule has 186 valence electrons. The van der Waals surface area contributed by atoms with Crippen LogP contribution < -0.4 is 4.90 Å². The number of isothiocyanates is 2. The van der Waals surface area contributed by atoms with Crippen LogP contribution in [0.3, 0.4) is 0 Å². The minimum Gasteiger partial charge on any atom is -0.309 e. The Labute approximate surface area is 234 Å². The van der Waals surface area contributed by atoms with Crippen LogP contribution in [-0.4, -0.2) is 20.3 Å². The van der Waals surface area contributed by atoms with Gasteiger partial charge >= 0.3 is 0 Å². The molecular formula is C31H18FN5S2. The number of nitrogens with zero attached hydrogens (tertiary/aromatic N) is 5. The Morgan fingerprint density at radius 1 is 0.692 bits per heavy atom. The van der Waals surface area contributed by atoms with E-state index >= 15 is 4.39 Å². The Balaban J connectivity index is 1.56. The molecule has 2 aliphatic rings. The fraction of sp³-hybridized carbons (Fsp3) is 0.0968. The molecule has 0 spiro atoms. The molecule has 0 saturated heterocycles. The smallest absolute Gasteiger partial charge is 0.209 e. The van der Waals surface area contributed by atoms with E-state index in [1.807, 2.05) is 24.3 Å². The lowest BCUT2D eigenvalue weighted by Gasteiger charge is -2.42. The van der Waals surface area contributed by atoms with Crippen LogP contribution >= 0.6 is 24.4 Å². The van der Waals surface area contributed by atoms with Crippen LogP contribution in [0.5, 0.6) is 0 Å². The molecule has 39 heavy (non-hydrogen) atoms. The van der Waals surface area contributed by atoms with Crippen molar-refractivity contribution in [2.24, 2.45) is 9.98 Å². The number of para-hydroxylation sites is 2. The Hall–Kier alpha value is -4.45. The van der Waals surface area contributed by atoms with Gasteiger partial charge in [-0.1, -0.05) is 50.2 Å². The zero-order chi connectivity index (χ0) is 26.9. The van der Waals surface area contributed by atoms with Crippen molar-refractivity contribution in [1.29, 1.82) is 0 Å². The summed E-state index contributed by atoms with van der Waals surface area (Å²) >= 11 is 9.60.